The van der Waals surface area contributed by atoms with Crippen LogP contribution in [0.5, 0.6) is 0 Å². The summed E-state index contributed by atoms with van der Waals surface area (Å²) < 4.78 is 50.8. The lowest BCUT2D eigenvalue weighted by Crippen LogP contribution is -2.48. The summed E-state index contributed by atoms with van der Waals surface area (Å²) in [5.41, 5.74) is 9.66. The number of hydrogen-bond acceptors (Lipinski definition) is 14. The highest BCUT2D eigenvalue weighted by molar-refractivity contribution is 9.10. The van der Waals surface area contributed by atoms with Crippen molar-refractivity contribution in [1.29, 1.82) is 0 Å². The molecule has 0 atom stereocenters. The summed E-state index contributed by atoms with van der Waals surface area (Å²) in [4.78, 5) is 14.0. The molecule has 0 aliphatic carbocycles. The molecule has 9 aromatic rings. The minimum atomic E-state index is -3.14. The monoisotopic (exact) mass is 1250 g/mol. The smallest absolute Gasteiger partial charge is 0.211 e. The van der Waals surface area contributed by atoms with Crippen molar-refractivity contribution in [2.45, 2.75) is 18.9 Å². The second-order valence-corrected chi connectivity index (χ2v) is 26.4. The van der Waals surface area contributed by atoms with E-state index in [-0.39, 0.29) is 6.04 Å². The number of rotatable bonds is 8. The Bertz CT molecular complexity index is 3780. The van der Waals surface area contributed by atoms with E-state index in [2.05, 4.69) is 128 Å². The molecule has 80 heavy (non-hydrogen) atoms. The van der Waals surface area contributed by atoms with Crippen LogP contribution in [0.2, 0.25) is 15.1 Å². The molecule has 26 heteroatoms. The van der Waals surface area contributed by atoms with Gasteiger partial charge in [0, 0.05) is 167 Å². The first-order chi connectivity index (χ1) is 38.4. The third-order valence-corrected chi connectivity index (χ3v) is 18.0. The topological polar surface area (TPSA) is 218 Å². The summed E-state index contributed by atoms with van der Waals surface area (Å²) in [6.07, 6.45) is 11.4. The lowest BCUT2D eigenvalue weighted by molar-refractivity contribution is 0.313. The van der Waals surface area contributed by atoms with Crippen LogP contribution in [0.25, 0.3) is 43.6 Å². The second-order valence-electron chi connectivity index (χ2n) is 20.4. The largest absolute Gasteiger partial charge is 0.371 e. The molecule has 0 unspecified atom stereocenters. The molecular weight excluding hydrogens is 1190 g/mol. The molecule has 0 bridgehead atoms. The standard InChI is InChI=1S/C17H17ClN4.C13H17ClN4O2S.C12H15BrN4O2S.C12H15ClN4/c18-13-10-16-15(12-19-20-16)17(11-13)22-8-6-21(7-9-22)14-4-2-1-3-5-14;1-21(19,20)17-10-2-4-18(5-3-10)13-7-9(14)6-12-11(13)8-15-16-12;1-20(18,19)17-4-2-16(3-5-17)12-7-9(13)6-11-10(12)8-14-15-11;1-16-2-4-17(5-3-16)12-7-9(13)6-11-10(12)8-14-15-11/h1-5,10-12H,6-9H2,(H,19,20);6-8,10,17H,2-5H2,1H3,(H,15,16);6-8H,2-5H2,1H3,(H,14,15);6-8H,2-5H2,1H3,(H,14,15). The highest BCUT2D eigenvalue weighted by Crippen LogP contribution is 2.35. The normalized spacial score (nSPS) is 17.1. The van der Waals surface area contributed by atoms with E-state index in [1.165, 1.54) is 33.9 Å². The third kappa shape index (κ3) is 14.0. The van der Waals surface area contributed by atoms with E-state index in [9.17, 15) is 16.8 Å². The zero-order chi connectivity index (χ0) is 56.1. The first-order valence-corrected chi connectivity index (χ1v) is 32.0. The number of anilines is 5. The molecule has 4 saturated heterocycles. The van der Waals surface area contributed by atoms with Gasteiger partial charge in [0.2, 0.25) is 20.0 Å². The number of piperazine rings is 3. The fourth-order valence-corrected chi connectivity index (χ4v) is 13.5. The molecule has 0 amide bonds. The van der Waals surface area contributed by atoms with E-state index >= 15 is 0 Å². The van der Waals surface area contributed by atoms with Crippen molar-refractivity contribution in [1.82, 2.24) is 54.7 Å². The van der Waals surface area contributed by atoms with Crippen LogP contribution in [0, 0.1) is 0 Å². The van der Waals surface area contributed by atoms with Crippen molar-refractivity contribution >= 4 is 143 Å². The van der Waals surface area contributed by atoms with Gasteiger partial charge in [-0.25, -0.2) is 21.6 Å². The fourth-order valence-electron chi connectivity index (χ4n) is 10.7. The van der Waals surface area contributed by atoms with Crippen LogP contribution in [0.4, 0.5) is 28.4 Å². The van der Waals surface area contributed by atoms with Gasteiger partial charge >= 0.3 is 0 Å². The third-order valence-electron chi connectivity index (χ3n) is 14.9. The van der Waals surface area contributed by atoms with Crippen LogP contribution in [-0.4, -0.2) is 184 Å². The maximum atomic E-state index is 11.5. The van der Waals surface area contributed by atoms with E-state index in [0.717, 1.165) is 148 Å². The van der Waals surface area contributed by atoms with Crippen molar-refractivity contribution in [3.8, 4) is 0 Å². The van der Waals surface area contributed by atoms with Crippen molar-refractivity contribution in [2.24, 2.45) is 0 Å². The highest BCUT2D eigenvalue weighted by Gasteiger charge is 2.27. The summed E-state index contributed by atoms with van der Waals surface area (Å²) in [6.45, 7) is 12.2. The summed E-state index contributed by atoms with van der Waals surface area (Å²) in [5, 5.41) is 34.8. The van der Waals surface area contributed by atoms with Crippen molar-refractivity contribution < 1.29 is 16.8 Å². The Morgan fingerprint density at radius 1 is 0.487 bits per heavy atom. The van der Waals surface area contributed by atoms with E-state index in [4.69, 9.17) is 34.8 Å². The number of piperidine rings is 1. The zero-order valence-corrected chi connectivity index (χ0v) is 50.1. The first kappa shape index (κ1) is 57.3. The maximum Gasteiger partial charge on any atom is 0.211 e. The number of nitrogens with zero attached hydrogens (tertiary/aromatic N) is 11. The van der Waals surface area contributed by atoms with Crippen molar-refractivity contribution in [3.63, 3.8) is 0 Å². The number of aromatic nitrogens is 8. The molecule has 5 aromatic carbocycles. The van der Waals surface area contributed by atoms with Gasteiger partial charge in [-0.15, -0.1) is 0 Å². The minimum absolute atomic E-state index is 0.00951. The number of para-hydroxylation sites is 1. The Morgan fingerprint density at radius 3 is 1.26 bits per heavy atom. The van der Waals surface area contributed by atoms with Gasteiger partial charge < -0.3 is 29.4 Å². The Hall–Kier alpha value is -5.89. The lowest BCUT2D eigenvalue weighted by atomic mass is 10.0. The van der Waals surface area contributed by atoms with E-state index in [0.29, 0.717) is 31.2 Å². The predicted molar refractivity (Wildman–Crippen MR) is 330 cm³/mol. The average molecular weight is 1250 g/mol. The van der Waals surface area contributed by atoms with Crippen LogP contribution in [0.1, 0.15) is 12.8 Å². The molecule has 4 aromatic heterocycles. The highest BCUT2D eigenvalue weighted by atomic mass is 79.9. The summed E-state index contributed by atoms with van der Waals surface area (Å²) in [6, 6.07) is 26.3. The molecular formula is C54H64BrCl3N16O4S2. The van der Waals surface area contributed by atoms with E-state index in [1.54, 1.807) is 12.4 Å². The van der Waals surface area contributed by atoms with Gasteiger partial charge in [-0.2, -0.15) is 24.7 Å². The number of aromatic amines is 4. The van der Waals surface area contributed by atoms with Crippen molar-refractivity contribution in [3.05, 3.63) is 123 Å². The van der Waals surface area contributed by atoms with E-state index in [1.807, 2.05) is 60.9 Å². The number of H-pyrrole nitrogens is 4. The predicted octanol–water partition coefficient (Wildman–Crippen LogP) is 8.65. The molecule has 20 nitrogen and oxygen atoms in total. The van der Waals surface area contributed by atoms with Gasteiger partial charge in [0.15, 0.2) is 0 Å². The van der Waals surface area contributed by atoms with E-state index < -0.39 is 20.0 Å². The molecule has 4 aliphatic heterocycles. The number of fused-ring (bicyclic) bond motifs is 4. The Labute approximate surface area is 488 Å². The van der Waals surface area contributed by atoms with Gasteiger partial charge in [0.05, 0.1) is 59.4 Å². The Morgan fingerprint density at radius 2 is 0.850 bits per heavy atom. The van der Waals surface area contributed by atoms with Crippen LogP contribution >= 0.6 is 50.7 Å². The first-order valence-electron chi connectivity index (χ1n) is 26.3. The quantitative estimate of drug-likeness (QED) is 0.0963. The number of nitrogens with one attached hydrogen (secondary N) is 5. The Balaban J connectivity index is 0.000000120. The molecule has 8 heterocycles. The molecule has 0 saturated carbocycles. The van der Waals surface area contributed by atoms with Gasteiger partial charge in [-0.3, -0.25) is 20.4 Å². The number of benzene rings is 5. The van der Waals surface area contributed by atoms with Crippen molar-refractivity contribution in [2.75, 3.05) is 136 Å². The molecule has 0 radical (unpaired) electrons. The second kappa shape index (κ2) is 25.1. The van der Waals surface area contributed by atoms with Crippen LogP contribution in [0.3, 0.4) is 0 Å². The fraction of sp³-hybridized carbons (Fsp3) is 0.370. The van der Waals surface area contributed by atoms with Crippen LogP contribution in [0.15, 0.2) is 108 Å². The summed E-state index contributed by atoms with van der Waals surface area (Å²) in [5.74, 6) is 0. The number of likely N-dealkylation sites (N-methyl/N-ethyl adjacent to an activating group) is 1. The molecule has 0 spiro atoms. The molecule has 4 aliphatic rings. The molecule has 5 N–H and O–H groups in total. The van der Waals surface area contributed by atoms with Gasteiger partial charge in [-0.1, -0.05) is 68.9 Å². The molecule has 424 valence electrons. The van der Waals surface area contributed by atoms with Gasteiger partial charge in [0.25, 0.3) is 0 Å². The lowest BCUT2D eigenvalue weighted by Gasteiger charge is -2.37. The summed E-state index contributed by atoms with van der Waals surface area (Å²) in [7, 11) is -4.08. The number of hydrogen-bond donors (Lipinski definition) is 5. The average Bonchev–Trinajstić information content (AvgIpc) is 4.32. The van der Waals surface area contributed by atoms with Gasteiger partial charge in [-0.05, 0) is 80.6 Å². The summed E-state index contributed by atoms with van der Waals surface area (Å²) >= 11 is 22.0. The molecule has 13 rings (SSSR count). The number of sulfonamides is 2. The van der Waals surface area contributed by atoms with Crippen LogP contribution < -0.4 is 29.2 Å². The number of halogens is 4. The Kier molecular flexibility index (Phi) is 18.0. The molecule has 4 fully saturated rings. The SMILES string of the molecule is CN1CCN(c2cc(Cl)cc3[nH]ncc23)CC1.CS(=O)(=O)N1CCN(c2cc(Br)cc3[nH]ncc23)CC1.CS(=O)(=O)NC1CCN(c2cc(Cl)cc3[nH]ncc23)CC1.Clc1cc(N2CCN(c3ccccc3)CC2)c2cn[nH]c2c1. The maximum absolute atomic E-state index is 11.5. The minimum Gasteiger partial charge on any atom is -0.371 e. The van der Waals surface area contributed by atoms with Gasteiger partial charge in [0.1, 0.15) is 0 Å². The zero-order valence-electron chi connectivity index (χ0n) is 44.6. The van der Waals surface area contributed by atoms with Crippen LogP contribution in [-0.2, 0) is 20.0 Å².